The molecular formula is C94H119BBr2Cl2F2IN19O18. The van der Waals surface area contributed by atoms with E-state index in [0.717, 1.165) is 77.5 Å². The lowest BCUT2D eigenvalue weighted by Gasteiger charge is -2.33. The molecule has 750 valence electrons. The molecule has 0 aromatic carbocycles. The van der Waals surface area contributed by atoms with Crippen molar-refractivity contribution in [1.82, 2.24) is 79.3 Å². The number of likely N-dealkylation sites (tertiary alicyclic amines) is 2. The molecule has 5 aliphatic rings. The number of carbonyl (C=O) groups excluding carboxylic acids is 5. The second-order valence-corrected chi connectivity index (χ2v) is 42.2. The quantitative estimate of drug-likeness (QED) is 0.0258. The Morgan fingerprint density at radius 3 is 1.47 bits per heavy atom. The summed E-state index contributed by atoms with van der Waals surface area (Å²) in [4.78, 5) is 142. The molecule has 3 N–H and O–H groups in total. The number of H-pyrrole nitrogens is 1. The van der Waals surface area contributed by atoms with Crippen molar-refractivity contribution in [2.45, 2.75) is 227 Å². The summed E-state index contributed by atoms with van der Waals surface area (Å²) in [5.41, 5.74) is 9.20. The van der Waals surface area contributed by atoms with Crippen molar-refractivity contribution in [1.29, 1.82) is 0 Å². The molecule has 45 heteroatoms. The van der Waals surface area contributed by atoms with E-state index in [-0.39, 0.29) is 87.0 Å². The van der Waals surface area contributed by atoms with Gasteiger partial charge in [0.1, 0.15) is 45.0 Å². The van der Waals surface area contributed by atoms with Crippen LogP contribution in [0.3, 0.4) is 0 Å². The fourth-order valence-corrected chi connectivity index (χ4v) is 15.2. The molecule has 14 rings (SSSR count). The second-order valence-electron chi connectivity index (χ2n) is 38.5. The van der Waals surface area contributed by atoms with Gasteiger partial charge >= 0.3 is 43.1 Å². The van der Waals surface area contributed by atoms with Crippen LogP contribution in [0.5, 0.6) is 0 Å². The number of nitrogen functional groups attached to an aromatic ring is 1. The third kappa shape index (κ3) is 36.7. The average Bonchev–Trinajstić information content (AvgIpc) is 1.49. The Balaban J connectivity index is 0.000000222. The van der Waals surface area contributed by atoms with E-state index in [1.54, 1.807) is 64.0 Å². The van der Waals surface area contributed by atoms with E-state index in [1.807, 2.05) is 197 Å². The smallest absolute Gasteiger partial charge is 0.444 e. The molecule has 5 aliphatic heterocycles. The van der Waals surface area contributed by atoms with Gasteiger partial charge in [0.2, 0.25) is 11.9 Å². The molecule has 139 heavy (non-hydrogen) atoms. The molecule has 0 saturated carbocycles. The maximum atomic E-state index is 13.7. The van der Waals surface area contributed by atoms with Gasteiger partial charge in [0.15, 0.2) is 17.6 Å². The van der Waals surface area contributed by atoms with Gasteiger partial charge in [-0.05, 0) is 306 Å². The highest BCUT2D eigenvalue weighted by molar-refractivity contribution is 14.1. The fourth-order valence-electron chi connectivity index (χ4n) is 13.3. The van der Waals surface area contributed by atoms with Crippen LogP contribution in [0, 0.1) is 35.7 Å². The monoisotopic (exact) mass is 2210 g/mol. The first kappa shape index (κ1) is 115. The van der Waals surface area contributed by atoms with Crippen LogP contribution in [-0.2, 0) is 54.2 Å². The van der Waals surface area contributed by atoms with E-state index in [4.69, 9.17) is 57.2 Å². The molecule has 3 fully saturated rings. The molecule has 0 bridgehead atoms. The van der Waals surface area contributed by atoms with Crippen molar-refractivity contribution in [2.75, 3.05) is 58.1 Å². The SMILES string of the molecule is CC(C)(C)OC(=O)N1CC=C(B2OC(C)(C)C(C)(C)O2)CC1.CC(C)(C)OC(=O)N1CC=C(c2ccc([N+](=O)[O-])nc2)CC1.CC(C)(C)OC(=O)N1CCC(c2ccc(N)nc2)CC1.CC(C)(C)c1cc2cn[nH]c(=O)c2c(F)n1.Cn1nc(Cl)cc(Br)c1=O.Cn1nc(Cl)cc(Cc2ccc(C3CCN(C(=O)OC(C)(C)C)CC3)cn2)c1=O.O=Cc1c(I)ccnc1F.O=[N+]([O-])c1ccc(Br)cn1. The van der Waals surface area contributed by atoms with E-state index in [9.17, 15) is 67.4 Å². The molecule has 0 unspecified atom stereocenters. The van der Waals surface area contributed by atoms with Gasteiger partial charge in [-0.1, -0.05) is 68.3 Å². The van der Waals surface area contributed by atoms with Crippen molar-refractivity contribution in [3.05, 3.63) is 253 Å². The van der Waals surface area contributed by atoms with E-state index in [1.165, 1.54) is 57.9 Å². The third-order valence-corrected chi connectivity index (χ3v) is 23.6. The number of aldehydes is 1. The Kier molecular flexibility index (Phi) is 41.5. The predicted octanol–water partition coefficient (Wildman–Crippen LogP) is 18.9. The number of halogens is 7. The normalized spacial score (nSPS) is 15.4. The number of pyridine rings is 6. The number of aromatic amines is 1. The summed E-state index contributed by atoms with van der Waals surface area (Å²) in [6.07, 6.45) is 18.1. The van der Waals surface area contributed by atoms with Gasteiger partial charge in [-0.2, -0.15) is 24.1 Å². The minimum atomic E-state index is -0.744. The number of nitro groups is 2. The summed E-state index contributed by atoms with van der Waals surface area (Å²) in [7, 11) is 2.81. The van der Waals surface area contributed by atoms with Crippen molar-refractivity contribution in [3.63, 3.8) is 0 Å². The van der Waals surface area contributed by atoms with Gasteiger partial charge < -0.3 is 73.8 Å². The van der Waals surface area contributed by atoms with E-state index >= 15 is 0 Å². The first-order chi connectivity index (χ1) is 64.6. The van der Waals surface area contributed by atoms with Crippen molar-refractivity contribution in [3.8, 4) is 0 Å². The fraction of sp³-hybridized carbons (Fsp3) is 0.479. The topological polar surface area (TPSA) is 459 Å². The van der Waals surface area contributed by atoms with Crippen LogP contribution in [0.1, 0.15) is 226 Å². The molecule has 3 saturated heterocycles. The van der Waals surface area contributed by atoms with Gasteiger partial charge in [-0.15, -0.1) is 0 Å². The standard InChI is InChI=1S/C21H27ClN4O3.C16H28BNO4.C15H19N3O4.C15H23N3O2.C11H12FN3O.C6H3FINO.C5H4BrClN2O.C5H3BrN2O2/c1-21(2,3)29-20(28)26-9-7-14(8-10-26)15-5-6-17(23-13-15)11-16-12-18(22)24-25(4)19(16)27;1-14(2,3)20-13(19)18-10-8-12(9-11-18)17-21-15(4,5)16(6,7)22-17;1-15(2,3)22-14(19)17-8-6-11(7-9-17)12-4-5-13(16-10-12)18(20)21;1-15(2,3)20-14(19)18-8-6-11(7-9-18)12-4-5-13(16)17-10-12;1-11(2,3)7-4-6-5-13-15-10(16)8(6)9(12)14-7;7-6-4(3-10)5(8)1-2-9-6;1-9-5(10)3(6)2-4(7)8-9;6-4-1-2-5(7-3-4)8(9)10/h5-6,12-14H,7-11H2,1-4H3;8H,9-11H2,1-7H3;4-6,10H,7-9H2,1-3H3;4-5,10-11H,6-9H2,1-3H3,(H2,16,17);4-5H,1-3H3,(H,15,16);1-3H;2H,1H3;1-3H. The van der Waals surface area contributed by atoms with Gasteiger partial charge in [0, 0.05) is 140 Å². The number of aromatic nitrogens is 12. The number of nitrogens with two attached hydrogens (primary N) is 1. The summed E-state index contributed by atoms with van der Waals surface area (Å²) in [5.74, 6) is -0.410. The molecule has 0 aliphatic carbocycles. The third-order valence-electron chi connectivity index (χ3n) is 21.3. The average molecular weight is 2210 g/mol. The van der Waals surface area contributed by atoms with Gasteiger partial charge in [0.25, 0.3) is 16.7 Å². The van der Waals surface area contributed by atoms with Crippen LogP contribution in [0.15, 0.2) is 151 Å². The number of hydrogen-bond acceptors (Lipinski definition) is 28. The van der Waals surface area contributed by atoms with Crippen LogP contribution in [-0.4, -0.2) is 213 Å². The second kappa shape index (κ2) is 50.2. The van der Waals surface area contributed by atoms with E-state index in [2.05, 4.69) is 88.2 Å². The zero-order valence-electron chi connectivity index (χ0n) is 81.6. The number of fused-ring (bicyclic) bond motifs is 1. The molecular weight excluding hydrogens is 2090 g/mol. The highest BCUT2D eigenvalue weighted by Gasteiger charge is 2.53. The summed E-state index contributed by atoms with van der Waals surface area (Å²) in [5, 5.41) is 35.1. The number of amides is 4. The molecule has 37 nitrogen and oxygen atoms in total. The summed E-state index contributed by atoms with van der Waals surface area (Å²) in [6.45, 7) is 41.4. The number of aryl methyl sites for hydroxylation is 2. The van der Waals surface area contributed by atoms with Crippen molar-refractivity contribution in [2.24, 2.45) is 14.1 Å². The highest BCUT2D eigenvalue weighted by Crippen LogP contribution is 2.40. The van der Waals surface area contributed by atoms with Gasteiger partial charge in [-0.25, -0.2) is 48.6 Å². The van der Waals surface area contributed by atoms with Gasteiger partial charge in [-0.3, -0.25) is 24.2 Å². The van der Waals surface area contributed by atoms with Gasteiger partial charge in [0.05, 0.1) is 31.9 Å². The highest BCUT2D eigenvalue weighted by atomic mass is 127. The predicted molar refractivity (Wildman–Crippen MR) is 540 cm³/mol. The minimum absolute atomic E-state index is 0.0306. The number of ether oxygens (including phenoxy) is 4. The summed E-state index contributed by atoms with van der Waals surface area (Å²) in [6, 6.07) is 20.2. The number of rotatable bonds is 9. The Hall–Kier alpha value is -11.3. The molecule has 9 aromatic heterocycles. The Morgan fingerprint density at radius 2 is 1.07 bits per heavy atom. The zero-order valence-corrected chi connectivity index (χ0v) is 88.5. The Labute approximate surface area is 845 Å². The van der Waals surface area contributed by atoms with E-state index < -0.39 is 49.7 Å². The lowest BCUT2D eigenvalue weighted by Crippen LogP contribution is -2.41. The number of nitrogens with zero attached hydrogens (tertiary/aromatic N) is 17. The molecule has 0 spiro atoms. The van der Waals surface area contributed by atoms with Crippen LogP contribution < -0.4 is 22.4 Å². The van der Waals surface area contributed by atoms with Crippen molar-refractivity contribution >= 4 is 149 Å². The van der Waals surface area contributed by atoms with Crippen LogP contribution in [0.2, 0.25) is 10.3 Å². The maximum Gasteiger partial charge on any atom is 0.490 e. The number of anilines is 1. The first-order valence-electron chi connectivity index (χ1n) is 44.2. The zero-order chi connectivity index (χ0) is 104. The lowest BCUT2D eigenvalue weighted by molar-refractivity contribution is -0.389. The van der Waals surface area contributed by atoms with Crippen LogP contribution >= 0.6 is 77.7 Å². The number of carbonyl (C=O) groups is 5. The Morgan fingerprint density at radius 1 is 0.597 bits per heavy atom. The summed E-state index contributed by atoms with van der Waals surface area (Å²) < 4.78 is 64.0. The largest absolute Gasteiger partial charge is 0.490 e. The summed E-state index contributed by atoms with van der Waals surface area (Å²) >= 11 is 19.5. The minimum Gasteiger partial charge on any atom is -0.444 e. The number of hydrogen-bond donors (Lipinski definition) is 2. The molecule has 0 radical (unpaired) electrons. The van der Waals surface area contributed by atoms with Crippen LogP contribution in [0.4, 0.5) is 45.4 Å². The maximum absolute atomic E-state index is 13.7. The first-order valence-corrected chi connectivity index (χ1v) is 47.6. The Bertz CT molecular complexity index is 5960. The molecule has 4 amide bonds. The molecule has 9 aromatic rings. The number of piperidine rings is 2. The lowest BCUT2D eigenvalue weighted by atomic mass is 9.75. The number of nitrogens with one attached hydrogen (secondary N) is 1. The van der Waals surface area contributed by atoms with Crippen LogP contribution in [0.25, 0.3) is 16.3 Å². The molecule has 14 heterocycles. The van der Waals surface area contributed by atoms with Crippen molar-refractivity contribution < 1.29 is 70.9 Å². The van der Waals surface area contributed by atoms with E-state index in [0.29, 0.717) is 106 Å². The molecule has 0 atom stereocenters.